The number of rotatable bonds is 4. The molecule has 0 aromatic heterocycles. The Morgan fingerprint density at radius 1 is 1.29 bits per heavy atom. The van der Waals surface area contributed by atoms with Crippen LogP contribution in [0.4, 0.5) is 4.39 Å². The fourth-order valence-electron chi connectivity index (χ4n) is 2.04. The van der Waals surface area contributed by atoms with Gasteiger partial charge in [-0.2, -0.15) is 0 Å². The number of likely N-dealkylation sites (N-methyl/N-ethyl adjacent to an activating group) is 1. The Bertz CT molecular complexity index is 536. The third kappa shape index (κ3) is 4.85. The molecule has 4 nitrogen and oxygen atoms in total. The summed E-state index contributed by atoms with van der Waals surface area (Å²) in [5.41, 5.74) is 1.06. The zero-order valence-electron chi connectivity index (χ0n) is 13.2. The number of hydrogen-bond acceptors (Lipinski definition) is 2. The first kappa shape index (κ1) is 17.1. The van der Waals surface area contributed by atoms with Crippen LogP contribution < -0.4 is 10.6 Å². The van der Waals surface area contributed by atoms with Gasteiger partial charge in [-0.3, -0.25) is 9.59 Å². The highest BCUT2D eigenvalue weighted by atomic mass is 19.1. The van der Waals surface area contributed by atoms with Gasteiger partial charge < -0.3 is 10.6 Å². The van der Waals surface area contributed by atoms with E-state index in [4.69, 9.17) is 0 Å². The maximum atomic E-state index is 13.2. The predicted molar refractivity (Wildman–Crippen MR) is 80.3 cm³/mol. The molecule has 21 heavy (non-hydrogen) atoms. The molecule has 1 unspecified atom stereocenters. The lowest BCUT2D eigenvalue weighted by Gasteiger charge is -2.30. The highest BCUT2D eigenvalue weighted by Crippen LogP contribution is 2.20. The molecule has 0 aliphatic rings. The standard InChI is InChI=1S/C16H23FN2O2/c1-10-6-7-12(17)8-11(10)9-13(20)19-14(15(21)18-5)16(2,3)4/h6-8,14H,9H2,1-5H3,(H,18,21)(H,19,20). The van der Waals surface area contributed by atoms with Crippen LogP contribution in [-0.2, 0) is 16.0 Å². The molecule has 0 aliphatic heterocycles. The predicted octanol–water partition coefficient (Wildman–Crippen LogP) is 1.95. The van der Waals surface area contributed by atoms with Crippen LogP contribution in [0.5, 0.6) is 0 Å². The molecular weight excluding hydrogens is 271 g/mol. The molecule has 0 saturated heterocycles. The monoisotopic (exact) mass is 294 g/mol. The summed E-state index contributed by atoms with van der Waals surface area (Å²) in [4.78, 5) is 24.0. The fourth-order valence-corrected chi connectivity index (χ4v) is 2.04. The number of hydrogen-bond donors (Lipinski definition) is 2. The molecular formula is C16H23FN2O2. The van der Waals surface area contributed by atoms with E-state index in [-0.39, 0.29) is 24.1 Å². The molecule has 0 bridgehead atoms. The van der Waals surface area contributed by atoms with E-state index in [2.05, 4.69) is 10.6 Å². The van der Waals surface area contributed by atoms with Crippen molar-refractivity contribution in [1.82, 2.24) is 10.6 Å². The van der Waals surface area contributed by atoms with Crippen LogP contribution in [0.3, 0.4) is 0 Å². The van der Waals surface area contributed by atoms with Gasteiger partial charge in [0.05, 0.1) is 6.42 Å². The lowest BCUT2D eigenvalue weighted by molar-refractivity contribution is -0.131. The average Bonchev–Trinajstić information content (AvgIpc) is 2.38. The van der Waals surface area contributed by atoms with Crippen LogP contribution in [0, 0.1) is 18.2 Å². The summed E-state index contributed by atoms with van der Waals surface area (Å²) < 4.78 is 13.2. The third-order valence-corrected chi connectivity index (χ3v) is 3.34. The van der Waals surface area contributed by atoms with Crippen LogP contribution in [0.1, 0.15) is 31.9 Å². The topological polar surface area (TPSA) is 58.2 Å². The van der Waals surface area contributed by atoms with E-state index in [1.165, 1.54) is 19.2 Å². The van der Waals surface area contributed by atoms with E-state index in [0.29, 0.717) is 5.56 Å². The maximum absolute atomic E-state index is 13.2. The highest BCUT2D eigenvalue weighted by molar-refractivity contribution is 5.88. The van der Waals surface area contributed by atoms with Crippen LogP contribution in [-0.4, -0.2) is 24.9 Å². The van der Waals surface area contributed by atoms with Crippen molar-refractivity contribution in [3.05, 3.63) is 35.1 Å². The van der Waals surface area contributed by atoms with Crippen LogP contribution in [0.25, 0.3) is 0 Å². The van der Waals surface area contributed by atoms with E-state index in [1.807, 2.05) is 27.7 Å². The Kier molecular flexibility index (Phi) is 5.47. The lowest BCUT2D eigenvalue weighted by atomic mass is 9.86. The number of halogens is 1. The van der Waals surface area contributed by atoms with Crippen LogP contribution in [0.15, 0.2) is 18.2 Å². The van der Waals surface area contributed by atoms with Crippen molar-refractivity contribution in [3.63, 3.8) is 0 Å². The Labute approximate surface area is 125 Å². The smallest absolute Gasteiger partial charge is 0.242 e. The first-order valence-electron chi connectivity index (χ1n) is 6.91. The molecule has 1 aromatic rings. The van der Waals surface area contributed by atoms with E-state index in [9.17, 15) is 14.0 Å². The Morgan fingerprint density at radius 2 is 1.90 bits per heavy atom. The van der Waals surface area contributed by atoms with Crippen LogP contribution in [0.2, 0.25) is 0 Å². The Balaban J connectivity index is 2.84. The zero-order chi connectivity index (χ0) is 16.2. The second-order valence-electron chi connectivity index (χ2n) is 6.23. The van der Waals surface area contributed by atoms with Crippen LogP contribution >= 0.6 is 0 Å². The summed E-state index contributed by atoms with van der Waals surface area (Å²) in [7, 11) is 1.53. The van der Waals surface area contributed by atoms with Crippen molar-refractivity contribution in [2.45, 2.75) is 40.2 Å². The number of carbonyl (C=O) groups is 2. The molecule has 116 valence electrons. The molecule has 5 heteroatoms. The summed E-state index contributed by atoms with van der Waals surface area (Å²) in [6.45, 7) is 7.45. The minimum absolute atomic E-state index is 0.0488. The minimum atomic E-state index is -0.635. The number of nitrogens with one attached hydrogen (secondary N) is 2. The minimum Gasteiger partial charge on any atom is -0.357 e. The molecule has 0 saturated carbocycles. The van der Waals surface area contributed by atoms with E-state index in [1.54, 1.807) is 6.07 Å². The van der Waals surface area contributed by atoms with Gasteiger partial charge in [0.1, 0.15) is 11.9 Å². The van der Waals surface area contributed by atoms with Gasteiger partial charge >= 0.3 is 0 Å². The Hall–Kier alpha value is -1.91. The molecule has 2 N–H and O–H groups in total. The van der Waals surface area contributed by atoms with Crippen molar-refractivity contribution in [2.24, 2.45) is 5.41 Å². The Morgan fingerprint density at radius 3 is 2.43 bits per heavy atom. The van der Waals surface area contributed by atoms with Crippen molar-refractivity contribution in [3.8, 4) is 0 Å². The number of carbonyl (C=O) groups excluding carboxylic acids is 2. The first-order chi connectivity index (χ1) is 9.65. The van der Waals surface area contributed by atoms with Gasteiger partial charge in [0, 0.05) is 7.05 Å². The van der Waals surface area contributed by atoms with Gasteiger partial charge in [-0.1, -0.05) is 26.8 Å². The fraction of sp³-hybridized carbons (Fsp3) is 0.500. The molecule has 0 heterocycles. The first-order valence-corrected chi connectivity index (χ1v) is 6.91. The number of aryl methyl sites for hydroxylation is 1. The van der Waals surface area contributed by atoms with Crippen molar-refractivity contribution < 1.29 is 14.0 Å². The summed E-state index contributed by atoms with van der Waals surface area (Å²) in [5, 5.41) is 5.28. The van der Waals surface area contributed by atoms with Crippen molar-refractivity contribution in [2.75, 3.05) is 7.05 Å². The van der Waals surface area contributed by atoms with E-state index >= 15 is 0 Å². The largest absolute Gasteiger partial charge is 0.357 e. The third-order valence-electron chi connectivity index (χ3n) is 3.34. The van der Waals surface area contributed by atoms with Crippen molar-refractivity contribution in [1.29, 1.82) is 0 Å². The molecule has 1 atom stereocenters. The lowest BCUT2D eigenvalue weighted by Crippen LogP contribution is -2.53. The quantitative estimate of drug-likeness (QED) is 0.892. The van der Waals surface area contributed by atoms with Gasteiger partial charge in [-0.25, -0.2) is 4.39 Å². The van der Waals surface area contributed by atoms with Gasteiger partial charge in [-0.05, 0) is 35.6 Å². The second kappa shape index (κ2) is 6.70. The summed E-state index contributed by atoms with van der Waals surface area (Å²) >= 11 is 0. The molecule has 1 rings (SSSR count). The number of amides is 2. The molecule has 1 aromatic carbocycles. The van der Waals surface area contributed by atoms with E-state index < -0.39 is 11.5 Å². The van der Waals surface area contributed by atoms with Gasteiger partial charge in [0.25, 0.3) is 0 Å². The molecule has 2 amide bonds. The SMILES string of the molecule is CNC(=O)C(NC(=O)Cc1cc(F)ccc1C)C(C)(C)C. The average molecular weight is 294 g/mol. The van der Waals surface area contributed by atoms with Gasteiger partial charge in [0.15, 0.2) is 0 Å². The number of benzene rings is 1. The summed E-state index contributed by atoms with van der Waals surface area (Å²) in [6, 6.07) is 3.71. The second-order valence-corrected chi connectivity index (χ2v) is 6.23. The maximum Gasteiger partial charge on any atom is 0.242 e. The molecule has 0 radical (unpaired) electrons. The molecule has 0 fully saturated rings. The highest BCUT2D eigenvalue weighted by Gasteiger charge is 2.32. The molecule has 0 aliphatic carbocycles. The van der Waals surface area contributed by atoms with E-state index in [0.717, 1.165) is 5.56 Å². The molecule has 0 spiro atoms. The zero-order valence-corrected chi connectivity index (χ0v) is 13.2. The van der Waals surface area contributed by atoms with Gasteiger partial charge in [-0.15, -0.1) is 0 Å². The summed E-state index contributed by atoms with van der Waals surface area (Å²) in [6.07, 6.45) is 0.0488. The van der Waals surface area contributed by atoms with Gasteiger partial charge in [0.2, 0.25) is 11.8 Å². The summed E-state index contributed by atoms with van der Waals surface area (Å²) in [5.74, 6) is -0.916. The van der Waals surface area contributed by atoms with Crippen molar-refractivity contribution >= 4 is 11.8 Å². The normalized spacial score (nSPS) is 12.7.